The Kier molecular flexibility index (Phi) is 3.25. The summed E-state index contributed by atoms with van der Waals surface area (Å²) in [6, 6.07) is 4.34. The first-order valence-electron chi connectivity index (χ1n) is 6.20. The van der Waals surface area contributed by atoms with Gasteiger partial charge in [0.15, 0.2) is 0 Å². The molecule has 1 aromatic rings. The Morgan fingerprint density at radius 1 is 1.29 bits per heavy atom. The Balaban J connectivity index is 2.57. The summed E-state index contributed by atoms with van der Waals surface area (Å²) in [6.45, 7) is 0.653. The summed E-state index contributed by atoms with van der Waals surface area (Å²) in [4.78, 5) is 0. The van der Waals surface area contributed by atoms with Crippen molar-refractivity contribution < 1.29 is 31.5 Å². The summed E-state index contributed by atoms with van der Waals surface area (Å²) in [5.41, 5.74) is 0.569. The van der Waals surface area contributed by atoms with E-state index in [-0.39, 0.29) is 18.1 Å². The summed E-state index contributed by atoms with van der Waals surface area (Å²) in [5, 5.41) is 0. The van der Waals surface area contributed by atoms with Crippen molar-refractivity contribution >= 4 is 0 Å². The molecule has 1 aromatic carbocycles. The van der Waals surface area contributed by atoms with Crippen LogP contribution in [0.4, 0.5) is 13.2 Å². The largest absolute Gasteiger partial charge is 0.522 e. The lowest BCUT2D eigenvalue weighted by molar-refractivity contribution is -0.325. The van der Waals surface area contributed by atoms with Crippen LogP contribution < -0.4 is 9.47 Å². The van der Waals surface area contributed by atoms with Gasteiger partial charge in [-0.2, -0.15) is 0 Å². The van der Waals surface area contributed by atoms with Gasteiger partial charge in [-0.05, 0) is 18.6 Å². The zero-order valence-corrected chi connectivity index (χ0v) is 9.00. The van der Waals surface area contributed by atoms with Crippen molar-refractivity contribution in [1.29, 1.82) is 0 Å². The van der Waals surface area contributed by atoms with Crippen LogP contribution in [0.2, 0.25) is 0 Å². The Labute approximate surface area is 101 Å². The van der Waals surface area contributed by atoms with E-state index in [1.165, 1.54) is 12.1 Å². The van der Waals surface area contributed by atoms with Crippen molar-refractivity contribution in [2.75, 3.05) is 20.3 Å². The van der Waals surface area contributed by atoms with Gasteiger partial charge in [-0.25, -0.2) is 0 Å². The van der Waals surface area contributed by atoms with Crippen LogP contribution in [0.25, 0.3) is 0 Å². The van der Waals surface area contributed by atoms with Gasteiger partial charge in [-0.15, -0.1) is 13.2 Å². The Hall–Kier alpha value is -1.43. The highest BCUT2D eigenvalue weighted by Crippen LogP contribution is 2.23. The summed E-state index contributed by atoms with van der Waals surface area (Å²) >= 11 is 0. The molecule has 3 nitrogen and oxygen atoms in total. The average Bonchev–Trinajstić information content (AvgIpc) is 2.25. The molecule has 0 N–H and O–H groups in total. The van der Waals surface area contributed by atoms with Crippen LogP contribution in [0, 0.1) is 6.92 Å². The van der Waals surface area contributed by atoms with Gasteiger partial charge in [0.1, 0.15) is 18.1 Å². The van der Waals surface area contributed by atoms with E-state index in [1.54, 1.807) is 13.0 Å². The lowest BCUT2D eigenvalue weighted by Gasteiger charge is -2.10. The maximum absolute atomic E-state index is 11.7. The van der Waals surface area contributed by atoms with Crippen molar-refractivity contribution in [2.24, 2.45) is 0 Å². The monoisotopic (exact) mass is 253 g/mol. The fourth-order valence-corrected chi connectivity index (χ4v) is 1.10. The fourth-order valence-electron chi connectivity index (χ4n) is 1.10. The molecule has 0 heterocycles. The standard InChI is InChI=1S/C11H13F3O3/c1-8-3-4-9(7-10(8)15-2)16-5-6-17-11(12,13)14/h3-4,7H,5-6H2,1-2H3/i2D3. The van der Waals surface area contributed by atoms with Gasteiger partial charge in [0.2, 0.25) is 0 Å². The second-order valence-corrected chi connectivity index (χ2v) is 3.17. The highest BCUT2D eigenvalue weighted by atomic mass is 19.4. The molecule has 6 heteroatoms. The average molecular weight is 253 g/mol. The molecule has 0 amide bonds. The third-order valence-electron chi connectivity index (χ3n) is 1.89. The van der Waals surface area contributed by atoms with Crippen molar-refractivity contribution in [1.82, 2.24) is 0 Å². The number of hydrogen-bond acceptors (Lipinski definition) is 3. The van der Waals surface area contributed by atoms with Gasteiger partial charge in [0.05, 0.1) is 17.8 Å². The van der Waals surface area contributed by atoms with Crippen LogP contribution in [-0.2, 0) is 4.74 Å². The van der Waals surface area contributed by atoms with Crippen molar-refractivity contribution in [2.45, 2.75) is 13.3 Å². The number of halogens is 3. The first-order chi connectivity index (χ1) is 9.07. The third kappa shape index (κ3) is 4.95. The van der Waals surface area contributed by atoms with E-state index >= 15 is 0 Å². The van der Waals surface area contributed by atoms with Crippen molar-refractivity contribution in [3.63, 3.8) is 0 Å². The molecule has 0 spiro atoms. The van der Waals surface area contributed by atoms with Crippen molar-refractivity contribution in [3.05, 3.63) is 23.8 Å². The van der Waals surface area contributed by atoms with Crippen LogP contribution in [-0.4, -0.2) is 26.6 Å². The summed E-state index contributed by atoms with van der Waals surface area (Å²) < 4.78 is 69.5. The third-order valence-corrected chi connectivity index (χ3v) is 1.89. The second-order valence-electron chi connectivity index (χ2n) is 3.17. The molecule has 17 heavy (non-hydrogen) atoms. The zero-order chi connectivity index (χ0) is 15.4. The van der Waals surface area contributed by atoms with Gasteiger partial charge in [0.25, 0.3) is 0 Å². The topological polar surface area (TPSA) is 27.7 Å². The highest BCUT2D eigenvalue weighted by molar-refractivity contribution is 5.39. The number of rotatable bonds is 5. The number of hydrogen-bond donors (Lipinski definition) is 0. The van der Waals surface area contributed by atoms with E-state index in [4.69, 9.17) is 13.6 Å². The highest BCUT2D eigenvalue weighted by Gasteiger charge is 2.28. The Morgan fingerprint density at radius 3 is 2.71 bits per heavy atom. The number of methoxy groups -OCH3 is 1. The fraction of sp³-hybridized carbons (Fsp3) is 0.455. The minimum Gasteiger partial charge on any atom is -0.496 e. The van der Waals surface area contributed by atoms with Crippen LogP contribution >= 0.6 is 0 Å². The van der Waals surface area contributed by atoms with Crippen LogP contribution in [0.3, 0.4) is 0 Å². The van der Waals surface area contributed by atoms with E-state index in [1.807, 2.05) is 0 Å². The lowest BCUT2D eigenvalue weighted by atomic mass is 10.2. The van der Waals surface area contributed by atoms with Crippen molar-refractivity contribution in [3.8, 4) is 11.5 Å². The summed E-state index contributed by atoms with van der Waals surface area (Å²) in [5.74, 6) is 0.278. The predicted molar refractivity (Wildman–Crippen MR) is 55.2 cm³/mol. The quantitative estimate of drug-likeness (QED) is 0.755. The van der Waals surface area contributed by atoms with E-state index in [9.17, 15) is 13.2 Å². The van der Waals surface area contributed by atoms with Crippen LogP contribution in [0.1, 0.15) is 9.68 Å². The number of benzene rings is 1. The summed E-state index contributed by atoms with van der Waals surface area (Å²) in [7, 11) is -2.61. The number of ether oxygens (including phenoxy) is 3. The first kappa shape index (κ1) is 9.58. The molecule has 0 aliphatic carbocycles. The Bertz CT molecular complexity index is 447. The molecule has 0 radical (unpaired) electrons. The van der Waals surface area contributed by atoms with Gasteiger partial charge in [-0.1, -0.05) is 6.07 Å². The van der Waals surface area contributed by atoms with Gasteiger partial charge in [0, 0.05) is 6.07 Å². The SMILES string of the molecule is [2H]C([2H])([2H])Oc1cc(OCCOC(F)(F)F)ccc1C. The molecule has 0 fully saturated rings. The molecule has 0 aliphatic rings. The summed E-state index contributed by atoms with van der Waals surface area (Å²) in [6.07, 6.45) is -4.70. The number of aryl methyl sites for hydroxylation is 1. The minimum atomic E-state index is -4.70. The Morgan fingerprint density at radius 2 is 2.06 bits per heavy atom. The number of alkyl halides is 3. The van der Waals surface area contributed by atoms with E-state index < -0.39 is 20.0 Å². The molecule has 0 saturated heterocycles. The second kappa shape index (κ2) is 5.77. The van der Waals surface area contributed by atoms with Crippen LogP contribution in [0.5, 0.6) is 11.5 Å². The minimum absolute atomic E-state index is 0.0826. The molecule has 0 bridgehead atoms. The lowest BCUT2D eigenvalue weighted by Crippen LogP contribution is -2.18. The molecular weight excluding hydrogens is 237 g/mol. The van der Waals surface area contributed by atoms with E-state index in [0.717, 1.165) is 0 Å². The zero-order valence-electron chi connectivity index (χ0n) is 12.0. The normalized spacial score (nSPS) is 14.7. The molecule has 0 atom stereocenters. The smallest absolute Gasteiger partial charge is 0.496 e. The molecule has 0 saturated carbocycles. The van der Waals surface area contributed by atoms with Gasteiger partial charge in [-0.3, -0.25) is 4.74 Å². The molecule has 1 rings (SSSR count). The molecule has 96 valence electrons. The molecule has 0 aliphatic heterocycles. The molecule has 0 unspecified atom stereocenters. The van der Waals surface area contributed by atoms with E-state index in [0.29, 0.717) is 5.56 Å². The first-order valence-corrected chi connectivity index (χ1v) is 4.70. The van der Waals surface area contributed by atoms with E-state index in [2.05, 4.69) is 4.74 Å². The van der Waals surface area contributed by atoms with Crippen LogP contribution in [0.15, 0.2) is 18.2 Å². The maximum Gasteiger partial charge on any atom is 0.522 e. The molecule has 0 aromatic heterocycles. The molecular formula is C11H13F3O3. The van der Waals surface area contributed by atoms with Gasteiger partial charge < -0.3 is 9.47 Å². The predicted octanol–water partition coefficient (Wildman–Crippen LogP) is 2.92. The van der Waals surface area contributed by atoms with Gasteiger partial charge >= 0.3 is 6.36 Å². The maximum atomic E-state index is 11.7.